The molecule has 1 aromatic carbocycles. The van der Waals surface area contributed by atoms with Gasteiger partial charge in [0, 0.05) is 22.0 Å². The maximum atomic E-state index is 3.65. The number of benzene rings is 1. The summed E-state index contributed by atoms with van der Waals surface area (Å²) in [5, 5.41) is 5.00. The van der Waals surface area contributed by atoms with Crippen molar-refractivity contribution in [2.45, 2.75) is 39.2 Å². The Bertz CT molecular complexity index is 540. The van der Waals surface area contributed by atoms with E-state index in [1.165, 1.54) is 21.4 Å². The Labute approximate surface area is 120 Å². The lowest BCUT2D eigenvalue weighted by atomic mass is 10.1. The standard InChI is InChI=1S/C17H21NS/c1-3-5-6-10-15(18-12-4-2)17-13-14-9-7-8-11-16(14)19-17/h7-9,11,13,15,18H,4,6,10,12H2,1-2H3. The average molecular weight is 271 g/mol. The van der Waals surface area contributed by atoms with Crippen LogP contribution in [0, 0.1) is 11.8 Å². The van der Waals surface area contributed by atoms with E-state index in [0.717, 1.165) is 19.4 Å². The van der Waals surface area contributed by atoms with E-state index in [9.17, 15) is 0 Å². The summed E-state index contributed by atoms with van der Waals surface area (Å²) in [6.07, 6.45) is 3.22. The Morgan fingerprint density at radius 2 is 2.16 bits per heavy atom. The van der Waals surface area contributed by atoms with Gasteiger partial charge >= 0.3 is 0 Å². The van der Waals surface area contributed by atoms with Crippen molar-refractivity contribution in [3.8, 4) is 11.8 Å². The summed E-state index contributed by atoms with van der Waals surface area (Å²) in [5.41, 5.74) is 0. The second-order valence-corrected chi connectivity index (χ2v) is 5.77. The summed E-state index contributed by atoms with van der Waals surface area (Å²) in [6.45, 7) is 5.19. The van der Waals surface area contributed by atoms with Crippen molar-refractivity contribution < 1.29 is 0 Å². The van der Waals surface area contributed by atoms with Gasteiger partial charge in [0.15, 0.2) is 0 Å². The summed E-state index contributed by atoms with van der Waals surface area (Å²) < 4.78 is 1.38. The van der Waals surface area contributed by atoms with Gasteiger partial charge in [0.05, 0.1) is 0 Å². The molecular weight excluding hydrogens is 250 g/mol. The molecule has 100 valence electrons. The fourth-order valence-corrected chi connectivity index (χ4v) is 3.35. The Balaban J connectivity index is 2.16. The zero-order valence-electron chi connectivity index (χ0n) is 11.7. The third-order valence-electron chi connectivity index (χ3n) is 3.16. The van der Waals surface area contributed by atoms with Crippen LogP contribution < -0.4 is 5.32 Å². The van der Waals surface area contributed by atoms with Crippen molar-refractivity contribution in [1.29, 1.82) is 0 Å². The van der Waals surface area contributed by atoms with Crippen LogP contribution in [0.25, 0.3) is 10.1 Å². The minimum Gasteiger partial charge on any atom is -0.309 e. The Morgan fingerprint density at radius 3 is 2.89 bits per heavy atom. The molecule has 0 aliphatic heterocycles. The van der Waals surface area contributed by atoms with Gasteiger partial charge in [0.25, 0.3) is 0 Å². The third-order valence-corrected chi connectivity index (χ3v) is 4.39. The molecule has 0 radical (unpaired) electrons. The van der Waals surface area contributed by atoms with Crippen molar-refractivity contribution in [1.82, 2.24) is 5.32 Å². The van der Waals surface area contributed by atoms with E-state index in [2.05, 4.69) is 54.4 Å². The maximum Gasteiger partial charge on any atom is 0.0424 e. The normalized spacial score (nSPS) is 12.1. The Hall–Kier alpha value is -1.30. The van der Waals surface area contributed by atoms with Gasteiger partial charge in [-0.1, -0.05) is 25.1 Å². The van der Waals surface area contributed by atoms with Crippen LogP contribution in [0.1, 0.15) is 44.0 Å². The number of rotatable bonds is 6. The van der Waals surface area contributed by atoms with Crippen molar-refractivity contribution in [2.75, 3.05) is 6.54 Å². The highest BCUT2D eigenvalue weighted by Crippen LogP contribution is 2.31. The molecule has 1 unspecified atom stereocenters. The lowest BCUT2D eigenvalue weighted by molar-refractivity contribution is 0.513. The first kappa shape index (κ1) is 14.1. The molecule has 0 saturated heterocycles. The van der Waals surface area contributed by atoms with Crippen LogP contribution in [0.3, 0.4) is 0 Å². The molecule has 1 aromatic heterocycles. The molecule has 2 heteroatoms. The zero-order valence-corrected chi connectivity index (χ0v) is 12.5. The molecular formula is C17H21NS. The summed E-state index contributed by atoms with van der Waals surface area (Å²) in [7, 11) is 0. The summed E-state index contributed by atoms with van der Waals surface area (Å²) in [5.74, 6) is 6.16. The highest BCUT2D eigenvalue weighted by Gasteiger charge is 2.13. The highest BCUT2D eigenvalue weighted by atomic mass is 32.1. The molecule has 0 aliphatic carbocycles. The van der Waals surface area contributed by atoms with Gasteiger partial charge in [-0.25, -0.2) is 0 Å². The minimum atomic E-state index is 0.443. The molecule has 0 fully saturated rings. The zero-order chi connectivity index (χ0) is 13.5. The molecule has 0 aliphatic rings. The van der Waals surface area contributed by atoms with Gasteiger partial charge in [-0.15, -0.1) is 23.2 Å². The first-order valence-electron chi connectivity index (χ1n) is 6.96. The van der Waals surface area contributed by atoms with Crippen LogP contribution in [0.15, 0.2) is 30.3 Å². The fraction of sp³-hybridized carbons (Fsp3) is 0.412. The van der Waals surface area contributed by atoms with E-state index in [4.69, 9.17) is 0 Å². The van der Waals surface area contributed by atoms with E-state index >= 15 is 0 Å². The van der Waals surface area contributed by atoms with Crippen LogP contribution in [-0.2, 0) is 0 Å². The van der Waals surface area contributed by atoms with E-state index in [1.54, 1.807) is 0 Å². The van der Waals surface area contributed by atoms with Gasteiger partial charge in [-0.2, -0.15) is 0 Å². The van der Waals surface area contributed by atoms with Gasteiger partial charge < -0.3 is 5.32 Å². The summed E-state index contributed by atoms with van der Waals surface area (Å²) in [4.78, 5) is 1.44. The van der Waals surface area contributed by atoms with E-state index in [1.807, 2.05) is 18.3 Å². The van der Waals surface area contributed by atoms with Gasteiger partial charge in [0.1, 0.15) is 0 Å². The molecule has 0 saturated carbocycles. The molecule has 0 spiro atoms. The minimum absolute atomic E-state index is 0.443. The Morgan fingerprint density at radius 1 is 1.32 bits per heavy atom. The SMILES string of the molecule is CC#CCCC(NCCC)c1cc2ccccc2s1. The topological polar surface area (TPSA) is 12.0 Å². The predicted octanol–water partition coefficient (Wildman–Crippen LogP) is 4.75. The number of hydrogen-bond donors (Lipinski definition) is 1. The lowest BCUT2D eigenvalue weighted by Crippen LogP contribution is -2.21. The van der Waals surface area contributed by atoms with Crippen molar-refractivity contribution in [3.63, 3.8) is 0 Å². The molecule has 1 N–H and O–H groups in total. The third kappa shape index (κ3) is 3.83. The monoisotopic (exact) mass is 271 g/mol. The molecule has 0 bridgehead atoms. The largest absolute Gasteiger partial charge is 0.309 e. The maximum absolute atomic E-state index is 3.65. The van der Waals surface area contributed by atoms with E-state index in [-0.39, 0.29) is 0 Å². The number of fused-ring (bicyclic) bond motifs is 1. The number of hydrogen-bond acceptors (Lipinski definition) is 2. The second-order valence-electron chi connectivity index (χ2n) is 4.66. The first-order chi connectivity index (χ1) is 9.35. The summed E-state index contributed by atoms with van der Waals surface area (Å²) in [6, 6.07) is 11.4. The van der Waals surface area contributed by atoms with Gasteiger partial charge in [0.2, 0.25) is 0 Å². The van der Waals surface area contributed by atoms with E-state index < -0.39 is 0 Å². The molecule has 1 nitrogen and oxygen atoms in total. The van der Waals surface area contributed by atoms with Gasteiger partial charge in [-0.05, 0) is 43.8 Å². The molecule has 2 aromatic rings. The van der Waals surface area contributed by atoms with Crippen LogP contribution >= 0.6 is 11.3 Å². The molecule has 2 rings (SSSR count). The van der Waals surface area contributed by atoms with Crippen LogP contribution in [0.4, 0.5) is 0 Å². The Kier molecular flexibility index (Phi) is 5.44. The molecule has 19 heavy (non-hydrogen) atoms. The van der Waals surface area contributed by atoms with Gasteiger partial charge in [-0.3, -0.25) is 0 Å². The number of thiophene rings is 1. The highest BCUT2D eigenvalue weighted by molar-refractivity contribution is 7.19. The van der Waals surface area contributed by atoms with Crippen molar-refractivity contribution in [3.05, 3.63) is 35.2 Å². The van der Waals surface area contributed by atoms with E-state index in [0.29, 0.717) is 6.04 Å². The fourth-order valence-electron chi connectivity index (χ4n) is 2.18. The lowest BCUT2D eigenvalue weighted by Gasteiger charge is -2.15. The molecule has 0 amide bonds. The number of nitrogens with one attached hydrogen (secondary N) is 1. The summed E-state index contributed by atoms with van der Waals surface area (Å²) >= 11 is 1.90. The average Bonchev–Trinajstić information content (AvgIpc) is 2.86. The van der Waals surface area contributed by atoms with Crippen molar-refractivity contribution in [2.24, 2.45) is 0 Å². The van der Waals surface area contributed by atoms with Crippen LogP contribution in [0.5, 0.6) is 0 Å². The molecule has 1 atom stereocenters. The predicted molar refractivity (Wildman–Crippen MR) is 85.5 cm³/mol. The van der Waals surface area contributed by atoms with Crippen LogP contribution in [0.2, 0.25) is 0 Å². The van der Waals surface area contributed by atoms with Crippen LogP contribution in [-0.4, -0.2) is 6.54 Å². The van der Waals surface area contributed by atoms with Crippen molar-refractivity contribution >= 4 is 21.4 Å². The quantitative estimate of drug-likeness (QED) is 0.748. The molecule has 1 heterocycles. The smallest absolute Gasteiger partial charge is 0.0424 e. The first-order valence-corrected chi connectivity index (χ1v) is 7.78. The second kappa shape index (κ2) is 7.33.